The first-order valence-corrected chi connectivity index (χ1v) is 8.43. The fourth-order valence-electron chi connectivity index (χ4n) is 2.06. The summed E-state index contributed by atoms with van der Waals surface area (Å²) in [7, 11) is 1.71. The van der Waals surface area contributed by atoms with E-state index in [1.54, 1.807) is 18.4 Å². The highest BCUT2D eigenvalue weighted by molar-refractivity contribution is 7.11. The van der Waals surface area contributed by atoms with Crippen molar-refractivity contribution >= 4 is 11.3 Å². The van der Waals surface area contributed by atoms with Crippen LogP contribution in [0.2, 0.25) is 0 Å². The van der Waals surface area contributed by atoms with Crippen molar-refractivity contribution in [1.29, 1.82) is 0 Å². The molecule has 21 heavy (non-hydrogen) atoms. The summed E-state index contributed by atoms with van der Waals surface area (Å²) >= 11 is 1.74. The number of hydrogen-bond acceptors (Lipinski definition) is 5. The number of nitrogens with zero attached hydrogens (tertiary/aromatic N) is 1. The van der Waals surface area contributed by atoms with Crippen molar-refractivity contribution in [2.45, 2.75) is 66.8 Å². The Morgan fingerprint density at radius 3 is 2.43 bits per heavy atom. The van der Waals surface area contributed by atoms with Gasteiger partial charge in [-0.3, -0.25) is 0 Å². The Bertz CT molecular complexity index is 424. The minimum absolute atomic E-state index is 0.0240. The van der Waals surface area contributed by atoms with Gasteiger partial charge < -0.3 is 14.8 Å². The minimum Gasteiger partial charge on any atom is -0.378 e. The van der Waals surface area contributed by atoms with Crippen LogP contribution in [0.5, 0.6) is 0 Å². The Kier molecular flexibility index (Phi) is 7.27. The van der Waals surface area contributed by atoms with E-state index in [2.05, 4.69) is 39.9 Å². The van der Waals surface area contributed by atoms with Gasteiger partial charge in [-0.25, -0.2) is 4.98 Å². The first-order chi connectivity index (χ1) is 9.79. The number of ether oxygens (including phenoxy) is 2. The molecule has 1 aromatic heterocycles. The van der Waals surface area contributed by atoms with Gasteiger partial charge in [-0.05, 0) is 12.3 Å². The summed E-state index contributed by atoms with van der Waals surface area (Å²) in [5, 5.41) is 4.51. The van der Waals surface area contributed by atoms with Gasteiger partial charge in [-0.15, -0.1) is 11.3 Å². The monoisotopic (exact) mass is 314 g/mol. The van der Waals surface area contributed by atoms with E-state index in [0.717, 1.165) is 17.2 Å². The molecule has 1 heterocycles. The molecule has 0 saturated carbocycles. The van der Waals surface area contributed by atoms with Gasteiger partial charge in [0.2, 0.25) is 0 Å². The molecule has 122 valence electrons. The lowest BCUT2D eigenvalue weighted by molar-refractivity contribution is -0.0135. The standard InChI is InChI=1S/C16H30N2O2S/c1-8-20-14(16(4,5)6)15-18-12(10-19-7)13(21-15)9-17-11(2)3/h11,14,17H,8-10H2,1-7H3. The highest BCUT2D eigenvalue weighted by Crippen LogP contribution is 2.39. The first kappa shape index (κ1) is 18.6. The van der Waals surface area contributed by atoms with Gasteiger partial charge in [0.05, 0.1) is 12.3 Å². The minimum atomic E-state index is 0.0240. The summed E-state index contributed by atoms with van der Waals surface area (Å²) < 4.78 is 11.2. The summed E-state index contributed by atoms with van der Waals surface area (Å²) in [6.45, 7) is 15.0. The number of methoxy groups -OCH3 is 1. The average molecular weight is 314 g/mol. The van der Waals surface area contributed by atoms with Crippen LogP contribution in [0, 0.1) is 5.41 Å². The van der Waals surface area contributed by atoms with Gasteiger partial charge in [0, 0.05) is 31.2 Å². The van der Waals surface area contributed by atoms with Crippen LogP contribution in [-0.4, -0.2) is 24.7 Å². The zero-order valence-corrected chi connectivity index (χ0v) is 15.3. The smallest absolute Gasteiger partial charge is 0.123 e. The van der Waals surface area contributed by atoms with Crippen molar-refractivity contribution in [1.82, 2.24) is 10.3 Å². The molecule has 1 unspecified atom stereocenters. The third-order valence-electron chi connectivity index (χ3n) is 3.09. The molecule has 0 aliphatic carbocycles. The number of nitrogens with one attached hydrogen (secondary N) is 1. The molecular formula is C16H30N2O2S. The molecule has 1 N–H and O–H groups in total. The van der Waals surface area contributed by atoms with Gasteiger partial charge in [0.15, 0.2) is 0 Å². The molecule has 0 bridgehead atoms. The largest absolute Gasteiger partial charge is 0.378 e. The maximum atomic E-state index is 5.95. The van der Waals surface area contributed by atoms with Crippen LogP contribution in [0.1, 0.15) is 63.2 Å². The second-order valence-corrected chi connectivity index (χ2v) is 7.71. The lowest BCUT2D eigenvalue weighted by Crippen LogP contribution is -2.21. The molecule has 1 atom stereocenters. The van der Waals surface area contributed by atoms with Crippen molar-refractivity contribution in [3.8, 4) is 0 Å². The molecule has 4 nitrogen and oxygen atoms in total. The molecule has 1 rings (SSSR count). The zero-order valence-electron chi connectivity index (χ0n) is 14.4. The Labute approximate surface area is 133 Å². The van der Waals surface area contributed by atoms with Crippen LogP contribution in [0.4, 0.5) is 0 Å². The third-order valence-corrected chi connectivity index (χ3v) is 4.23. The van der Waals surface area contributed by atoms with Crippen molar-refractivity contribution < 1.29 is 9.47 Å². The van der Waals surface area contributed by atoms with Crippen LogP contribution in [0.3, 0.4) is 0 Å². The van der Waals surface area contributed by atoms with Gasteiger partial charge in [0.25, 0.3) is 0 Å². The summed E-state index contributed by atoms with van der Waals surface area (Å²) in [5.41, 5.74) is 1.06. The molecule has 0 aromatic carbocycles. The summed E-state index contributed by atoms with van der Waals surface area (Å²) in [4.78, 5) is 6.04. The van der Waals surface area contributed by atoms with E-state index in [9.17, 15) is 0 Å². The maximum Gasteiger partial charge on any atom is 0.123 e. The molecule has 0 amide bonds. The van der Waals surface area contributed by atoms with E-state index in [1.807, 2.05) is 6.92 Å². The van der Waals surface area contributed by atoms with E-state index in [-0.39, 0.29) is 11.5 Å². The van der Waals surface area contributed by atoms with Crippen LogP contribution in [0.25, 0.3) is 0 Å². The molecule has 0 saturated heterocycles. The van der Waals surface area contributed by atoms with Crippen molar-refractivity contribution in [2.75, 3.05) is 13.7 Å². The number of hydrogen-bond donors (Lipinski definition) is 1. The topological polar surface area (TPSA) is 43.4 Å². The number of rotatable bonds is 8. The third kappa shape index (κ3) is 5.66. The normalized spacial score (nSPS) is 13.9. The predicted molar refractivity (Wildman–Crippen MR) is 88.6 cm³/mol. The van der Waals surface area contributed by atoms with Crippen molar-refractivity contribution in [3.05, 3.63) is 15.6 Å². The van der Waals surface area contributed by atoms with E-state index in [0.29, 0.717) is 19.3 Å². The molecule has 0 radical (unpaired) electrons. The molecule has 1 aromatic rings. The summed E-state index contributed by atoms with van der Waals surface area (Å²) in [6, 6.07) is 0.455. The van der Waals surface area contributed by atoms with Crippen LogP contribution >= 0.6 is 11.3 Å². The highest BCUT2D eigenvalue weighted by atomic mass is 32.1. The molecule has 0 aliphatic heterocycles. The Balaban J connectivity index is 3.03. The van der Waals surface area contributed by atoms with Crippen molar-refractivity contribution in [2.24, 2.45) is 5.41 Å². The van der Waals surface area contributed by atoms with E-state index >= 15 is 0 Å². The summed E-state index contributed by atoms with van der Waals surface area (Å²) in [5.74, 6) is 0. The fourth-order valence-corrected chi connectivity index (χ4v) is 3.37. The molecule has 5 heteroatoms. The highest BCUT2D eigenvalue weighted by Gasteiger charge is 2.30. The lowest BCUT2D eigenvalue weighted by atomic mass is 9.89. The van der Waals surface area contributed by atoms with E-state index in [4.69, 9.17) is 14.5 Å². The molecular weight excluding hydrogens is 284 g/mol. The van der Waals surface area contributed by atoms with Crippen LogP contribution in [0.15, 0.2) is 0 Å². The molecule has 0 aliphatic rings. The quantitative estimate of drug-likeness (QED) is 0.790. The van der Waals surface area contributed by atoms with Gasteiger partial charge in [-0.1, -0.05) is 34.6 Å². The Morgan fingerprint density at radius 1 is 1.29 bits per heavy atom. The Hall–Kier alpha value is -0.490. The SMILES string of the molecule is CCOC(c1nc(COC)c(CNC(C)C)s1)C(C)(C)C. The van der Waals surface area contributed by atoms with E-state index in [1.165, 1.54) is 4.88 Å². The molecule has 0 spiro atoms. The fraction of sp³-hybridized carbons (Fsp3) is 0.812. The van der Waals surface area contributed by atoms with Crippen molar-refractivity contribution in [3.63, 3.8) is 0 Å². The summed E-state index contributed by atoms with van der Waals surface area (Å²) in [6.07, 6.45) is 0.0240. The maximum absolute atomic E-state index is 5.95. The first-order valence-electron chi connectivity index (χ1n) is 7.62. The second-order valence-electron chi connectivity index (χ2n) is 6.59. The van der Waals surface area contributed by atoms with E-state index < -0.39 is 0 Å². The predicted octanol–water partition coefficient (Wildman–Crippen LogP) is 3.91. The van der Waals surface area contributed by atoms with Gasteiger partial charge >= 0.3 is 0 Å². The molecule has 0 fully saturated rings. The van der Waals surface area contributed by atoms with Gasteiger partial charge in [0.1, 0.15) is 11.1 Å². The second kappa shape index (κ2) is 8.22. The Morgan fingerprint density at radius 2 is 1.95 bits per heavy atom. The van der Waals surface area contributed by atoms with Crippen LogP contribution in [-0.2, 0) is 22.6 Å². The number of thiazole rings is 1. The zero-order chi connectivity index (χ0) is 16.0. The lowest BCUT2D eigenvalue weighted by Gasteiger charge is -2.28. The average Bonchev–Trinajstić information content (AvgIpc) is 2.75. The van der Waals surface area contributed by atoms with Crippen LogP contribution < -0.4 is 5.32 Å². The van der Waals surface area contributed by atoms with Gasteiger partial charge in [-0.2, -0.15) is 0 Å². The number of aromatic nitrogens is 1.